The molecular formula is C21H19N3O10. The van der Waals surface area contributed by atoms with Crippen LogP contribution in [0.3, 0.4) is 0 Å². The lowest BCUT2D eigenvalue weighted by atomic mass is 10.1. The normalized spacial score (nSPS) is 12.4. The molecule has 178 valence electrons. The highest BCUT2D eigenvalue weighted by atomic mass is 16.6. The number of fused-ring (bicyclic) bond motifs is 1. The van der Waals surface area contributed by atoms with Crippen LogP contribution in [0.5, 0.6) is 0 Å². The second-order valence-corrected chi connectivity index (χ2v) is 6.88. The average Bonchev–Trinajstić information content (AvgIpc) is 3.22. The van der Waals surface area contributed by atoms with E-state index < -0.39 is 58.3 Å². The van der Waals surface area contributed by atoms with Crippen molar-refractivity contribution in [1.82, 2.24) is 4.90 Å². The number of hydrogen-bond acceptors (Lipinski definition) is 10. The standard InChI is InChI=1S/C21H19N3O10/c1-4-32-20(28)14-10(3)34-17(16(14)21(29)33-5-2)22-13(25)9-23-18(26)11-7-6-8-12(24(30)31)15(11)19(23)27/h6-8H,4-5,9H2,1-3H3,(H,22,25). The van der Waals surface area contributed by atoms with E-state index in [1.165, 1.54) is 26.0 Å². The number of benzene rings is 1. The fraction of sp³-hybridized carbons (Fsp3) is 0.286. The third-order valence-corrected chi connectivity index (χ3v) is 4.77. The molecule has 2 heterocycles. The Kier molecular flexibility index (Phi) is 6.75. The Morgan fingerprint density at radius 1 is 1.06 bits per heavy atom. The van der Waals surface area contributed by atoms with Crippen molar-refractivity contribution in [3.63, 3.8) is 0 Å². The molecule has 13 heteroatoms. The van der Waals surface area contributed by atoms with Gasteiger partial charge in [0.25, 0.3) is 17.5 Å². The van der Waals surface area contributed by atoms with Crippen LogP contribution in [0.15, 0.2) is 22.6 Å². The molecule has 0 atom stereocenters. The molecule has 0 saturated carbocycles. The second-order valence-electron chi connectivity index (χ2n) is 6.88. The first-order valence-corrected chi connectivity index (χ1v) is 10.0. The number of hydrogen-bond donors (Lipinski definition) is 1. The largest absolute Gasteiger partial charge is 0.462 e. The van der Waals surface area contributed by atoms with Crippen molar-refractivity contribution < 1.29 is 42.8 Å². The number of amides is 3. The molecule has 0 aliphatic carbocycles. The monoisotopic (exact) mass is 473 g/mol. The summed E-state index contributed by atoms with van der Waals surface area (Å²) in [6, 6.07) is 3.56. The molecule has 34 heavy (non-hydrogen) atoms. The molecule has 2 aromatic rings. The first kappa shape index (κ1) is 24.1. The molecule has 0 bridgehead atoms. The molecule has 0 fully saturated rings. The zero-order chi connectivity index (χ0) is 25.2. The number of nitrogens with zero attached hydrogens (tertiary/aromatic N) is 2. The maximum atomic E-state index is 12.7. The number of anilines is 1. The van der Waals surface area contributed by atoms with Gasteiger partial charge in [0.05, 0.1) is 23.7 Å². The van der Waals surface area contributed by atoms with E-state index in [0.29, 0.717) is 4.90 Å². The minimum atomic E-state index is -1.02. The van der Waals surface area contributed by atoms with Gasteiger partial charge in [0.2, 0.25) is 11.8 Å². The number of furan rings is 1. The van der Waals surface area contributed by atoms with Crippen molar-refractivity contribution in [2.24, 2.45) is 0 Å². The second kappa shape index (κ2) is 9.52. The minimum Gasteiger partial charge on any atom is -0.462 e. The molecule has 1 aromatic heterocycles. The fourth-order valence-electron chi connectivity index (χ4n) is 3.40. The summed E-state index contributed by atoms with van der Waals surface area (Å²) in [7, 11) is 0. The predicted molar refractivity (Wildman–Crippen MR) is 112 cm³/mol. The van der Waals surface area contributed by atoms with Crippen molar-refractivity contribution in [2.75, 3.05) is 25.1 Å². The average molecular weight is 473 g/mol. The van der Waals surface area contributed by atoms with Gasteiger partial charge in [-0.05, 0) is 26.8 Å². The van der Waals surface area contributed by atoms with E-state index in [4.69, 9.17) is 13.9 Å². The van der Waals surface area contributed by atoms with E-state index in [0.717, 1.165) is 6.07 Å². The van der Waals surface area contributed by atoms with Crippen molar-refractivity contribution in [1.29, 1.82) is 0 Å². The van der Waals surface area contributed by atoms with Crippen LogP contribution in [-0.4, -0.2) is 59.2 Å². The lowest BCUT2D eigenvalue weighted by Gasteiger charge is -2.13. The molecule has 0 saturated heterocycles. The summed E-state index contributed by atoms with van der Waals surface area (Å²) >= 11 is 0. The Morgan fingerprint density at radius 3 is 2.26 bits per heavy atom. The summed E-state index contributed by atoms with van der Waals surface area (Å²) in [5.41, 5.74) is -1.83. The van der Waals surface area contributed by atoms with E-state index in [1.54, 1.807) is 6.92 Å². The van der Waals surface area contributed by atoms with E-state index >= 15 is 0 Å². The third kappa shape index (κ3) is 4.22. The highest BCUT2D eigenvalue weighted by Crippen LogP contribution is 2.32. The zero-order valence-electron chi connectivity index (χ0n) is 18.3. The summed E-state index contributed by atoms with van der Waals surface area (Å²) in [6.45, 7) is 3.61. The first-order valence-electron chi connectivity index (χ1n) is 10.0. The maximum Gasteiger partial charge on any atom is 0.344 e. The summed E-state index contributed by atoms with van der Waals surface area (Å²) in [6.07, 6.45) is 0. The topological polar surface area (TPSA) is 175 Å². The number of carbonyl (C=O) groups is 5. The van der Waals surface area contributed by atoms with Crippen molar-refractivity contribution >= 4 is 41.2 Å². The summed E-state index contributed by atoms with van der Waals surface area (Å²) in [4.78, 5) is 73.6. The zero-order valence-corrected chi connectivity index (χ0v) is 18.3. The molecule has 1 aliphatic heterocycles. The van der Waals surface area contributed by atoms with Gasteiger partial charge in [0.15, 0.2) is 0 Å². The van der Waals surface area contributed by atoms with Gasteiger partial charge >= 0.3 is 11.9 Å². The first-order chi connectivity index (χ1) is 16.1. The van der Waals surface area contributed by atoms with Gasteiger partial charge in [0.1, 0.15) is 29.0 Å². The Bertz CT molecular complexity index is 1230. The van der Waals surface area contributed by atoms with Gasteiger partial charge < -0.3 is 13.9 Å². The van der Waals surface area contributed by atoms with Crippen LogP contribution < -0.4 is 5.32 Å². The molecule has 3 amide bonds. The van der Waals surface area contributed by atoms with E-state index in [-0.39, 0.29) is 35.7 Å². The number of imide groups is 1. The van der Waals surface area contributed by atoms with Gasteiger partial charge in [-0.1, -0.05) is 6.07 Å². The molecule has 0 radical (unpaired) electrons. The van der Waals surface area contributed by atoms with Crippen LogP contribution in [0.25, 0.3) is 0 Å². The number of esters is 2. The van der Waals surface area contributed by atoms with Gasteiger partial charge in [-0.15, -0.1) is 0 Å². The molecule has 1 N–H and O–H groups in total. The number of nitrogens with one attached hydrogen (secondary N) is 1. The van der Waals surface area contributed by atoms with E-state index in [1.807, 2.05) is 0 Å². The smallest absolute Gasteiger partial charge is 0.344 e. The van der Waals surface area contributed by atoms with Crippen LogP contribution >= 0.6 is 0 Å². The number of aryl methyl sites for hydroxylation is 1. The summed E-state index contributed by atoms with van der Waals surface area (Å²) in [5, 5.41) is 13.5. The minimum absolute atomic E-state index is 0.0132. The Hall–Kier alpha value is -4.55. The number of rotatable bonds is 8. The molecule has 1 aliphatic rings. The summed E-state index contributed by atoms with van der Waals surface area (Å²) < 4.78 is 15.2. The Morgan fingerprint density at radius 2 is 1.68 bits per heavy atom. The number of nitro benzene ring substituents is 1. The fourth-order valence-corrected chi connectivity index (χ4v) is 3.40. The molecule has 0 spiro atoms. The molecule has 1 aromatic carbocycles. The number of carbonyl (C=O) groups excluding carboxylic acids is 5. The highest BCUT2D eigenvalue weighted by Gasteiger charge is 2.42. The maximum absolute atomic E-state index is 12.7. The van der Waals surface area contributed by atoms with Crippen molar-refractivity contribution in [2.45, 2.75) is 20.8 Å². The van der Waals surface area contributed by atoms with Gasteiger partial charge in [-0.3, -0.25) is 34.7 Å². The highest BCUT2D eigenvalue weighted by molar-refractivity contribution is 6.24. The number of ether oxygens (including phenoxy) is 2. The van der Waals surface area contributed by atoms with Crippen molar-refractivity contribution in [3.8, 4) is 0 Å². The lowest BCUT2D eigenvalue weighted by Crippen LogP contribution is -2.37. The molecule has 13 nitrogen and oxygen atoms in total. The predicted octanol–water partition coefficient (Wildman–Crippen LogP) is 2.08. The number of nitro groups is 1. The Balaban J connectivity index is 1.89. The molecular weight excluding hydrogens is 454 g/mol. The Labute approximate surface area is 191 Å². The van der Waals surface area contributed by atoms with Crippen LogP contribution in [0.4, 0.5) is 11.6 Å². The van der Waals surface area contributed by atoms with Gasteiger partial charge in [-0.2, -0.15) is 0 Å². The van der Waals surface area contributed by atoms with E-state index in [2.05, 4.69) is 5.32 Å². The van der Waals surface area contributed by atoms with Crippen LogP contribution in [-0.2, 0) is 14.3 Å². The lowest BCUT2D eigenvalue weighted by molar-refractivity contribution is -0.385. The molecule has 3 rings (SSSR count). The summed E-state index contributed by atoms with van der Waals surface area (Å²) in [5.74, 6) is -5.19. The van der Waals surface area contributed by atoms with Crippen LogP contribution in [0.1, 0.15) is 61.0 Å². The van der Waals surface area contributed by atoms with Crippen molar-refractivity contribution in [3.05, 3.63) is 56.3 Å². The quantitative estimate of drug-likeness (QED) is 0.258. The van der Waals surface area contributed by atoms with Gasteiger partial charge in [0, 0.05) is 6.07 Å². The van der Waals surface area contributed by atoms with Crippen LogP contribution in [0.2, 0.25) is 0 Å². The van der Waals surface area contributed by atoms with E-state index in [9.17, 15) is 34.1 Å². The third-order valence-electron chi connectivity index (χ3n) is 4.77. The van der Waals surface area contributed by atoms with Crippen LogP contribution in [0, 0.1) is 17.0 Å². The SMILES string of the molecule is CCOC(=O)c1c(C)oc(NC(=O)CN2C(=O)c3cccc([N+](=O)[O-])c3C2=O)c1C(=O)OCC. The molecule has 0 unspecified atom stereocenters. The van der Waals surface area contributed by atoms with Gasteiger partial charge in [-0.25, -0.2) is 9.59 Å².